The Labute approximate surface area is 183 Å². The Bertz CT molecular complexity index is 712. The van der Waals surface area contributed by atoms with Crippen LogP contribution in [0.2, 0.25) is 0 Å². The fourth-order valence-electron chi connectivity index (χ4n) is 2.53. The summed E-state index contributed by atoms with van der Waals surface area (Å²) in [6, 6.07) is -5.89. The van der Waals surface area contributed by atoms with Crippen molar-refractivity contribution in [2.45, 2.75) is 63.7 Å². The summed E-state index contributed by atoms with van der Waals surface area (Å²) in [5.41, 5.74) is 5.38. The molecular weight excluding hydrogens is 432 g/mol. The highest BCUT2D eigenvalue weighted by Gasteiger charge is 2.31. The zero-order chi connectivity index (χ0) is 25.0. The van der Waals surface area contributed by atoms with Crippen LogP contribution in [0.5, 0.6) is 0 Å². The third-order valence-electron chi connectivity index (χ3n) is 4.15. The van der Waals surface area contributed by atoms with Crippen LogP contribution in [0.4, 0.5) is 0 Å². The first-order chi connectivity index (χ1) is 14.8. The van der Waals surface area contributed by atoms with Crippen LogP contribution in [0.25, 0.3) is 0 Å². The van der Waals surface area contributed by atoms with E-state index >= 15 is 0 Å². The Hall–Kier alpha value is -3.26. The molecule has 0 aromatic carbocycles. The van der Waals surface area contributed by atoms with Gasteiger partial charge in [0.15, 0.2) is 0 Å². The number of aliphatic hydroxyl groups is 1. The molecule has 0 aliphatic heterocycles. The van der Waals surface area contributed by atoms with E-state index in [1.54, 1.807) is 13.8 Å². The topological polar surface area (TPSA) is 245 Å². The van der Waals surface area contributed by atoms with E-state index in [0.29, 0.717) is 0 Å². The molecule has 3 amide bonds. The maximum atomic E-state index is 12.5. The van der Waals surface area contributed by atoms with Gasteiger partial charge in [-0.05, 0) is 18.8 Å². The number of aliphatic carboxylic acids is 3. The second kappa shape index (κ2) is 13.9. The molecule has 0 heterocycles. The van der Waals surface area contributed by atoms with E-state index in [4.69, 9.17) is 15.9 Å². The molecule has 9 N–H and O–H groups in total. The van der Waals surface area contributed by atoms with Gasteiger partial charge in [-0.1, -0.05) is 13.8 Å². The monoisotopic (exact) mass is 462 g/mol. The minimum absolute atomic E-state index is 0.0808. The van der Waals surface area contributed by atoms with Crippen molar-refractivity contribution < 1.29 is 49.2 Å². The van der Waals surface area contributed by atoms with Crippen molar-refractivity contribution in [2.24, 2.45) is 11.7 Å². The summed E-state index contributed by atoms with van der Waals surface area (Å²) in [4.78, 5) is 69.7. The lowest BCUT2D eigenvalue weighted by atomic mass is 10.0. The smallest absolute Gasteiger partial charge is 0.326 e. The molecule has 0 saturated carbocycles. The minimum Gasteiger partial charge on any atom is -0.481 e. The van der Waals surface area contributed by atoms with E-state index in [9.17, 15) is 39.0 Å². The van der Waals surface area contributed by atoms with Crippen LogP contribution in [0.15, 0.2) is 0 Å². The SMILES string of the molecule is CC(C)CC(NC(=O)C(CCC(=O)O)NC(=O)C(CO)NC(=O)C(N)CC(=O)O)C(=O)O. The second-order valence-corrected chi connectivity index (χ2v) is 7.47. The fourth-order valence-corrected chi connectivity index (χ4v) is 2.53. The van der Waals surface area contributed by atoms with Crippen LogP contribution in [0.1, 0.15) is 39.5 Å². The molecule has 0 spiro atoms. The summed E-state index contributed by atoms with van der Waals surface area (Å²) in [6.45, 7) is 2.53. The normalized spacial score (nSPS) is 14.5. The Morgan fingerprint density at radius 3 is 1.72 bits per heavy atom. The van der Waals surface area contributed by atoms with Crippen molar-refractivity contribution in [2.75, 3.05) is 6.61 Å². The van der Waals surface area contributed by atoms with Crippen molar-refractivity contribution in [3.63, 3.8) is 0 Å². The molecule has 0 fully saturated rings. The van der Waals surface area contributed by atoms with Crippen molar-refractivity contribution in [3.8, 4) is 0 Å². The van der Waals surface area contributed by atoms with Gasteiger partial charge in [-0.25, -0.2) is 4.79 Å². The van der Waals surface area contributed by atoms with Crippen LogP contribution in [0, 0.1) is 5.92 Å². The minimum atomic E-state index is -1.62. The standard InChI is InChI=1S/C18H30N4O10/c1-8(2)5-11(18(31)32)21-16(29)10(3-4-13(24)25)20-17(30)12(7-23)22-15(28)9(19)6-14(26)27/h8-12,23H,3-7,19H2,1-2H3,(H,20,30)(H,21,29)(H,22,28)(H,24,25)(H,26,27)(H,31,32). The van der Waals surface area contributed by atoms with Crippen LogP contribution in [-0.4, -0.2) is 86.8 Å². The molecule has 0 bridgehead atoms. The highest BCUT2D eigenvalue weighted by molar-refractivity contribution is 5.94. The third-order valence-corrected chi connectivity index (χ3v) is 4.15. The van der Waals surface area contributed by atoms with Gasteiger partial charge in [0.05, 0.1) is 19.1 Å². The summed E-state index contributed by atoms with van der Waals surface area (Å²) >= 11 is 0. The summed E-state index contributed by atoms with van der Waals surface area (Å²) in [7, 11) is 0. The number of carboxylic acids is 3. The third kappa shape index (κ3) is 11.2. The lowest BCUT2D eigenvalue weighted by Crippen LogP contribution is -2.58. The molecule has 0 aliphatic carbocycles. The molecule has 14 heteroatoms. The van der Waals surface area contributed by atoms with Gasteiger partial charge in [-0.2, -0.15) is 0 Å². The lowest BCUT2D eigenvalue weighted by molar-refractivity contribution is -0.143. The number of rotatable bonds is 15. The number of nitrogens with two attached hydrogens (primary N) is 1. The predicted molar refractivity (Wildman–Crippen MR) is 107 cm³/mol. The Kier molecular flexibility index (Phi) is 12.5. The van der Waals surface area contributed by atoms with Crippen molar-refractivity contribution in [1.82, 2.24) is 16.0 Å². The molecule has 0 radical (unpaired) electrons. The molecule has 4 atom stereocenters. The van der Waals surface area contributed by atoms with Gasteiger partial charge in [-0.3, -0.25) is 24.0 Å². The highest BCUT2D eigenvalue weighted by Crippen LogP contribution is 2.07. The molecule has 14 nitrogen and oxygen atoms in total. The molecule has 182 valence electrons. The van der Waals surface area contributed by atoms with E-state index in [0.717, 1.165) is 0 Å². The molecule has 0 aromatic rings. The van der Waals surface area contributed by atoms with Gasteiger partial charge in [0.1, 0.15) is 18.1 Å². The van der Waals surface area contributed by atoms with Gasteiger partial charge in [-0.15, -0.1) is 0 Å². The van der Waals surface area contributed by atoms with Gasteiger partial charge >= 0.3 is 17.9 Å². The number of nitrogens with one attached hydrogen (secondary N) is 3. The molecule has 0 aromatic heterocycles. The molecule has 0 rings (SSSR count). The highest BCUT2D eigenvalue weighted by atomic mass is 16.4. The number of carbonyl (C=O) groups is 6. The van der Waals surface area contributed by atoms with Gasteiger partial charge < -0.3 is 42.1 Å². The number of carboxylic acid groups (broad SMARTS) is 3. The molecule has 32 heavy (non-hydrogen) atoms. The van der Waals surface area contributed by atoms with Crippen molar-refractivity contribution in [1.29, 1.82) is 0 Å². The number of carbonyl (C=O) groups excluding carboxylic acids is 3. The van der Waals surface area contributed by atoms with Gasteiger partial charge in [0.2, 0.25) is 17.7 Å². The first-order valence-electron chi connectivity index (χ1n) is 9.72. The quantitative estimate of drug-likeness (QED) is 0.124. The van der Waals surface area contributed by atoms with E-state index in [-0.39, 0.29) is 12.3 Å². The molecule has 4 unspecified atom stereocenters. The van der Waals surface area contributed by atoms with Crippen LogP contribution >= 0.6 is 0 Å². The van der Waals surface area contributed by atoms with Crippen LogP contribution in [0.3, 0.4) is 0 Å². The van der Waals surface area contributed by atoms with E-state index < -0.39 is 85.7 Å². The fraction of sp³-hybridized carbons (Fsp3) is 0.667. The second-order valence-electron chi connectivity index (χ2n) is 7.47. The maximum absolute atomic E-state index is 12.5. The number of hydrogen-bond acceptors (Lipinski definition) is 8. The molecular formula is C18H30N4O10. The first kappa shape index (κ1) is 28.7. The van der Waals surface area contributed by atoms with Crippen molar-refractivity contribution in [3.05, 3.63) is 0 Å². The summed E-state index contributed by atoms with van der Waals surface area (Å²) < 4.78 is 0. The zero-order valence-corrected chi connectivity index (χ0v) is 17.7. The van der Waals surface area contributed by atoms with Gasteiger partial charge in [0, 0.05) is 6.42 Å². The summed E-state index contributed by atoms with van der Waals surface area (Å²) in [5.74, 6) is -7.13. The van der Waals surface area contributed by atoms with Gasteiger partial charge in [0.25, 0.3) is 0 Å². The Balaban J connectivity index is 5.35. The van der Waals surface area contributed by atoms with E-state index in [1.165, 1.54) is 0 Å². The average Bonchev–Trinajstić information content (AvgIpc) is 2.66. The molecule has 0 saturated heterocycles. The lowest BCUT2D eigenvalue weighted by Gasteiger charge is -2.24. The van der Waals surface area contributed by atoms with Crippen LogP contribution in [-0.2, 0) is 28.8 Å². The largest absolute Gasteiger partial charge is 0.481 e. The maximum Gasteiger partial charge on any atom is 0.326 e. The number of amides is 3. The summed E-state index contributed by atoms with van der Waals surface area (Å²) in [6.07, 6.45) is -1.59. The Morgan fingerprint density at radius 1 is 0.781 bits per heavy atom. The molecule has 0 aliphatic rings. The van der Waals surface area contributed by atoms with E-state index in [2.05, 4.69) is 10.6 Å². The number of aliphatic hydroxyl groups excluding tert-OH is 1. The predicted octanol–water partition coefficient (Wildman–Crippen LogP) is -2.77. The Morgan fingerprint density at radius 2 is 1.28 bits per heavy atom. The van der Waals surface area contributed by atoms with E-state index in [1.807, 2.05) is 5.32 Å². The van der Waals surface area contributed by atoms with Crippen LogP contribution < -0.4 is 21.7 Å². The zero-order valence-electron chi connectivity index (χ0n) is 17.7. The summed E-state index contributed by atoms with van der Waals surface area (Å²) in [5, 5.41) is 42.6. The number of hydrogen-bond donors (Lipinski definition) is 8. The van der Waals surface area contributed by atoms with Crippen molar-refractivity contribution >= 4 is 35.6 Å². The average molecular weight is 462 g/mol. The first-order valence-corrected chi connectivity index (χ1v) is 9.72.